The van der Waals surface area contributed by atoms with Crippen molar-refractivity contribution in [1.29, 1.82) is 0 Å². The van der Waals surface area contributed by atoms with Gasteiger partial charge in [0, 0.05) is 0 Å². The van der Waals surface area contributed by atoms with Crippen LogP contribution in [0.1, 0.15) is 29.7 Å². The molecule has 0 aromatic heterocycles. The summed E-state index contributed by atoms with van der Waals surface area (Å²) in [5.41, 5.74) is 8.06. The molecule has 2 aromatic rings. The fraction of sp³-hybridized carbons (Fsp3) is 0.294. The van der Waals surface area contributed by atoms with E-state index in [0.717, 1.165) is 0 Å². The molecule has 0 nitrogen and oxygen atoms in total. The van der Waals surface area contributed by atoms with Crippen molar-refractivity contribution < 1.29 is 0 Å². The Morgan fingerprint density at radius 3 is 1.24 bits per heavy atom. The molecule has 2 aromatic carbocycles. The predicted octanol–water partition coefficient (Wildman–Crippen LogP) is 5.22. The molecule has 0 aliphatic rings. The van der Waals surface area contributed by atoms with E-state index in [1.807, 2.05) is 0 Å². The van der Waals surface area contributed by atoms with Crippen molar-refractivity contribution in [2.45, 2.75) is 35.1 Å². The third kappa shape index (κ3) is 2.76. The van der Waals surface area contributed by atoms with Crippen LogP contribution in [0, 0.1) is 27.7 Å². The van der Waals surface area contributed by atoms with E-state index in [0.29, 0.717) is 0 Å². The number of aryl methyl sites for hydroxylation is 4. The number of hydrogen-bond donors (Lipinski definition) is 0. The lowest BCUT2D eigenvalue weighted by Gasteiger charge is -2.10. The molecule has 0 heterocycles. The Bertz CT molecular complexity index is 472. The third-order valence-electron chi connectivity index (χ3n) is 3.05. The van der Waals surface area contributed by atoms with Gasteiger partial charge in [-0.15, -0.1) is 0 Å². The molecule has 0 heteroatoms. The maximum atomic E-state index is 2.24. The van der Waals surface area contributed by atoms with Crippen molar-refractivity contribution in [3.63, 3.8) is 0 Å². The maximum Gasteiger partial charge on any atom is -0.0152 e. The van der Waals surface area contributed by atoms with Crippen LogP contribution in [0.4, 0.5) is 0 Å². The Morgan fingerprint density at radius 1 is 0.588 bits per heavy atom. The van der Waals surface area contributed by atoms with Gasteiger partial charge in [0.1, 0.15) is 0 Å². The highest BCUT2D eigenvalue weighted by Crippen LogP contribution is 2.27. The molecule has 2 rings (SSSR count). The molecule has 0 saturated carbocycles. The van der Waals surface area contributed by atoms with Gasteiger partial charge in [0.05, 0.1) is 0 Å². The molecule has 17 heavy (non-hydrogen) atoms. The van der Waals surface area contributed by atoms with Crippen molar-refractivity contribution in [3.8, 4) is 11.1 Å². The normalized spacial score (nSPS) is 9.88. The van der Waals surface area contributed by atoms with E-state index in [1.54, 1.807) is 0 Å². The van der Waals surface area contributed by atoms with Crippen molar-refractivity contribution >= 4 is 0 Å². The minimum atomic E-state index is 0. The second-order valence-electron chi connectivity index (χ2n) is 4.64. The summed E-state index contributed by atoms with van der Waals surface area (Å²) in [7, 11) is 0. The standard InChI is InChI=1S/C16H18.CH4/c1-11-5-7-15(13(3)9-11)16-8-6-12(2)10-14(16)4;/h5-10H,1-4H3;1H4. The molecule has 0 fully saturated rings. The highest BCUT2D eigenvalue weighted by molar-refractivity contribution is 5.71. The molecule has 0 saturated heterocycles. The lowest BCUT2D eigenvalue weighted by atomic mass is 9.94. The lowest BCUT2D eigenvalue weighted by Crippen LogP contribution is -1.88. The molecule has 90 valence electrons. The molecular weight excluding hydrogens is 204 g/mol. The van der Waals surface area contributed by atoms with Crippen LogP contribution in [0.2, 0.25) is 0 Å². The van der Waals surface area contributed by atoms with Gasteiger partial charge in [-0.05, 0) is 49.9 Å². The SMILES string of the molecule is C.Cc1ccc(-c2ccc(C)cc2C)c(C)c1. The van der Waals surface area contributed by atoms with Crippen LogP contribution in [0.15, 0.2) is 36.4 Å². The Hall–Kier alpha value is -1.56. The van der Waals surface area contributed by atoms with E-state index >= 15 is 0 Å². The van der Waals surface area contributed by atoms with Gasteiger partial charge in [0.15, 0.2) is 0 Å². The van der Waals surface area contributed by atoms with Gasteiger partial charge in [-0.3, -0.25) is 0 Å². The first-order valence-electron chi connectivity index (χ1n) is 5.73. The third-order valence-corrected chi connectivity index (χ3v) is 3.05. The van der Waals surface area contributed by atoms with E-state index < -0.39 is 0 Å². The van der Waals surface area contributed by atoms with Gasteiger partial charge in [0.25, 0.3) is 0 Å². The van der Waals surface area contributed by atoms with Crippen LogP contribution in [0.5, 0.6) is 0 Å². The summed E-state index contributed by atoms with van der Waals surface area (Å²) in [5, 5.41) is 0. The van der Waals surface area contributed by atoms with E-state index in [2.05, 4.69) is 64.1 Å². The Labute approximate surface area is 105 Å². The van der Waals surface area contributed by atoms with Crippen molar-refractivity contribution in [1.82, 2.24) is 0 Å². The van der Waals surface area contributed by atoms with Crippen molar-refractivity contribution in [2.24, 2.45) is 0 Å². The van der Waals surface area contributed by atoms with E-state index in [4.69, 9.17) is 0 Å². The topological polar surface area (TPSA) is 0 Å². The van der Waals surface area contributed by atoms with Crippen LogP contribution < -0.4 is 0 Å². The molecule has 0 spiro atoms. The summed E-state index contributed by atoms with van der Waals surface area (Å²) in [6.45, 7) is 8.64. The van der Waals surface area contributed by atoms with Gasteiger partial charge < -0.3 is 0 Å². The molecule has 0 amide bonds. The fourth-order valence-corrected chi connectivity index (χ4v) is 2.23. The van der Waals surface area contributed by atoms with Crippen LogP contribution in [0.3, 0.4) is 0 Å². The first-order chi connectivity index (χ1) is 7.58. The average Bonchev–Trinajstić information content (AvgIpc) is 2.19. The zero-order chi connectivity index (χ0) is 11.7. The monoisotopic (exact) mass is 226 g/mol. The highest BCUT2D eigenvalue weighted by Gasteiger charge is 2.04. The Kier molecular flexibility index (Phi) is 4.11. The Balaban J connectivity index is 0.00000144. The first kappa shape index (κ1) is 13.5. The quantitative estimate of drug-likeness (QED) is 0.625. The number of rotatable bonds is 1. The zero-order valence-electron chi connectivity index (χ0n) is 10.5. The van der Waals surface area contributed by atoms with E-state index in [9.17, 15) is 0 Å². The minimum Gasteiger partial charge on any atom is -0.0776 e. The summed E-state index contributed by atoms with van der Waals surface area (Å²) >= 11 is 0. The molecule has 0 bridgehead atoms. The molecule has 0 unspecified atom stereocenters. The van der Waals surface area contributed by atoms with Gasteiger partial charge in [-0.1, -0.05) is 55.0 Å². The van der Waals surface area contributed by atoms with E-state index in [1.165, 1.54) is 33.4 Å². The number of hydrogen-bond acceptors (Lipinski definition) is 0. The molecular formula is C17H22. The first-order valence-corrected chi connectivity index (χ1v) is 5.73. The predicted molar refractivity (Wildman–Crippen MR) is 77.6 cm³/mol. The van der Waals surface area contributed by atoms with Gasteiger partial charge in [0.2, 0.25) is 0 Å². The largest absolute Gasteiger partial charge is 0.0776 e. The molecule has 0 atom stereocenters. The summed E-state index contributed by atoms with van der Waals surface area (Å²) in [6, 6.07) is 13.3. The summed E-state index contributed by atoms with van der Waals surface area (Å²) in [4.78, 5) is 0. The lowest BCUT2D eigenvalue weighted by molar-refractivity contribution is 1.34. The van der Waals surface area contributed by atoms with Crippen LogP contribution >= 0.6 is 0 Å². The van der Waals surface area contributed by atoms with Gasteiger partial charge in [-0.25, -0.2) is 0 Å². The Morgan fingerprint density at radius 2 is 0.941 bits per heavy atom. The summed E-state index contributed by atoms with van der Waals surface area (Å²) in [6.07, 6.45) is 0. The molecule has 0 N–H and O–H groups in total. The highest BCUT2D eigenvalue weighted by atomic mass is 14.1. The zero-order valence-corrected chi connectivity index (χ0v) is 10.5. The molecule has 0 radical (unpaired) electrons. The second-order valence-corrected chi connectivity index (χ2v) is 4.64. The average molecular weight is 226 g/mol. The van der Waals surface area contributed by atoms with Gasteiger partial charge >= 0.3 is 0 Å². The summed E-state index contributed by atoms with van der Waals surface area (Å²) < 4.78 is 0. The smallest absolute Gasteiger partial charge is 0.0152 e. The number of benzene rings is 2. The maximum absolute atomic E-state index is 2.24. The van der Waals surface area contributed by atoms with Gasteiger partial charge in [-0.2, -0.15) is 0 Å². The minimum absolute atomic E-state index is 0. The van der Waals surface area contributed by atoms with Crippen LogP contribution in [0.25, 0.3) is 11.1 Å². The van der Waals surface area contributed by atoms with Crippen LogP contribution in [-0.2, 0) is 0 Å². The van der Waals surface area contributed by atoms with Crippen molar-refractivity contribution in [2.75, 3.05) is 0 Å². The fourth-order valence-electron chi connectivity index (χ4n) is 2.23. The second kappa shape index (κ2) is 5.18. The van der Waals surface area contributed by atoms with Crippen LogP contribution in [-0.4, -0.2) is 0 Å². The summed E-state index contributed by atoms with van der Waals surface area (Å²) in [5.74, 6) is 0. The molecule has 0 aliphatic heterocycles. The van der Waals surface area contributed by atoms with E-state index in [-0.39, 0.29) is 7.43 Å². The van der Waals surface area contributed by atoms with Crippen molar-refractivity contribution in [3.05, 3.63) is 58.7 Å². The molecule has 0 aliphatic carbocycles.